The lowest BCUT2D eigenvalue weighted by atomic mass is 9.93. The first-order valence-electron chi connectivity index (χ1n) is 7.07. The van der Waals surface area contributed by atoms with Crippen molar-refractivity contribution in [1.29, 1.82) is 0 Å². The molecule has 2 rings (SSSR count). The first kappa shape index (κ1) is 15.4. The monoisotopic (exact) mass is 292 g/mol. The van der Waals surface area contributed by atoms with E-state index in [1.165, 1.54) is 0 Å². The molecule has 0 bridgehead atoms. The fourth-order valence-electron chi connectivity index (χ4n) is 2.42. The van der Waals surface area contributed by atoms with Crippen molar-refractivity contribution in [2.75, 3.05) is 13.2 Å². The summed E-state index contributed by atoms with van der Waals surface area (Å²) >= 11 is 0. The number of rotatable bonds is 5. The van der Waals surface area contributed by atoms with E-state index in [-0.39, 0.29) is 18.2 Å². The topological polar surface area (TPSA) is 88.5 Å². The summed E-state index contributed by atoms with van der Waals surface area (Å²) in [5.74, 6) is -1.49. The molecule has 1 amide bonds. The van der Waals surface area contributed by atoms with Crippen LogP contribution in [0.4, 0.5) is 0 Å². The van der Waals surface area contributed by atoms with Crippen molar-refractivity contribution < 1.29 is 19.4 Å². The van der Waals surface area contributed by atoms with Crippen LogP contribution >= 0.6 is 0 Å². The number of aryl methyl sites for hydroxylation is 1. The standard InChI is InChI=1S/C15H20N2O4/c1-10-4-5-11(8-16-10)7-13(18)17-14(15(19)20)12-3-2-6-21-9-12/h4-5,8,12,14H,2-3,6-7,9H2,1H3,(H,17,18)(H,19,20). The number of nitrogens with zero attached hydrogens (tertiary/aromatic N) is 1. The average molecular weight is 292 g/mol. The summed E-state index contributed by atoms with van der Waals surface area (Å²) in [6, 6.07) is 2.75. The summed E-state index contributed by atoms with van der Waals surface area (Å²) in [5.41, 5.74) is 1.64. The van der Waals surface area contributed by atoms with Gasteiger partial charge in [-0.15, -0.1) is 0 Å². The van der Waals surface area contributed by atoms with Crippen LogP contribution in [0.2, 0.25) is 0 Å². The largest absolute Gasteiger partial charge is 0.480 e. The molecule has 6 heteroatoms. The van der Waals surface area contributed by atoms with Gasteiger partial charge in [0.1, 0.15) is 6.04 Å². The van der Waals surface area contributed by atoms with Gasteiger partial charge in [0.05, 0.1) is 13.0 Å². The van der Waals surface area contributed by atoms with Crippen molar-refractivity contribution in [1.82, 2.24) is 10.3 Å². The second-order valence-electron chi connectivity index (χ2n) is 5.35. The maximum atomic E-state index is 12.0. The number of pyridine rings is 1. The second kappa shape index (κ2) is 7.17. The number of nitrogens with one attached hydrogen (secondary N) is 1. The van der Waals surface area contributed by atoms with Crippen molar-refractivity contribution in [2.24, 2.45) is 5.92 Å². The number of aromatic nitrogens is 1. The van der Waals surface area contributed by atoms with Gasteiger partial charge in [-0.2, -0.15) is 0 Å². The SMILES string of the molecule is Cc1ccc(CC(=O)NC(C(=O)O)C2CCCOC2)cn1. The molecule has 0 aromatic carbocycles. The normalized spacial score (nSPS) is 19.8. The minimum atomic E-state index is -1.01. The van der Waals surface area contributed by atoms with Crippen LogP contribution in [0.3, 0.4) is 0 Å². The van der Waals surface area contributed by atoms with Gasteiger partial charge in [-0.1, -0.05) is 6.07 Å². The van der Waals surface area contributed by atoms with Crippen LogP contribution in [0.5, 0.6) is 0 Å². The lowest BCUT2D eigenvalue weighted by Gasteiger charge is -2.28. The number of carboxylic acid groups (broad SMARTS) is 1. The maximum Gasteiger partial charge on any atom is 0.326 e. The summed E-state index contributed by atoms with van der Waals surface area (Å²) in [7, 11) is 0. The molecule has 0 spiro atoms. The summed E-state index contributed by atoms with van der Waals surface area (Å²) in [4.78, 5) is 27.5. The quantitative estimate of drug-likeness (QED) is 0.842. The molecule has 0 saturated carbocycles. The first-order chi connectivity index (χ1) is 10.1. The number of carboxylic acids is 1. The lowest BCUT2D eigenvalue weighted by Crippen LogP contribution is -2.48. The number of aliphatic carboxylic acids is 1. The van der Waals surface area contributed by atoms with Crippen LogP contribution in [-0.2, 0) is 20.7 Å². The van der Waals surface area contributed by atoms with Crippen LogP contribution in [0.15, 0.2) is 18.3 Å². The Hall–Kier alpha value is -1.95. The molecular formula is C15H20N2O4. The number of hydrogen-bond donors (Lipinski definition) is 2. The Morgan fingerprint density at radius 1 is 1.52 bits per heavy atom. The Kier molecular flexibility index (Phi) is 5.27. The van der Waals surface area contributed by atoms with Crippen LogP contribution in [0, 0.1) is 12.8 Å². The van der Waals surface area contributed by atoms with E-state index < -0.39 is 12.0 Å². The molecule has 0 radical (unpaired) electrons. The third kappa shape index (κ3) is 4.53. The molecule has 6 nitrogen and oxygen atoms in total. The van der Waals surface area contributed by atoms with Crippen molar-refractivity contribution in [3.05, 3.63) is 29.6 Å². The van der Waals surface area contributed by atoms with Gasteiger partial charge in [0.2, 0.25) is 5.91 Å². The van der Waals surface area contributed by atoms with Gasteiger partial charge in [0.25, 0.3) is 0 Å². The van der Waals surface area contributed by atoms with Crippen molar-refractivity contribution in [3.8, 4) is 0 Å². The van der Waals surface area contributed by atoms with E-state index in [9.17, 15) is 14.7 Å². The molecule has 1 aliphatic heterocycles. The summed E-state index contributed by atoms with van der Waals surface area (Å²) in [6.07, 6.45) is 3.34. The molecule has 2 unspecified atom stereocenters. The van der Waals surface area contributed by atoms with E-state index >= 15 is 0 Å². The molecule has 1 fully saturated rings. The predicted molar refractivity (Wildman–Crippen MR) is 75.8 cm³/mol. The Bertz CT molecular complexity index is 495. The van der Waals surface area contributed by atoms with E-state index in [0.717, 1.165) is 24.1 Å². The van der Waals surface area contributed by atoms with Gasteiger partial charge >= 0.3 is 5.97 Å². The van der Waals surface area contributed by atoms with Crippen molar-refractivity contribution in [2.45, 2.75) is 32.2 Å². The van der Waals surface area contributed by atoms with Gasteiger partial charge < -0.3 is 15.2 Å². The predicted octanol–water partition coefficient (Wildman–Crippen LogP) is 0.929. The minimum absolute atomic E-state index is 0.130. The number of amides is 1. The smallest absolute Gasteiger partial charge is 0.326 e. The highest BCUT2D eigenvalue weighted by Gasteiger charge is 2.31. The van der Waals surface area contributed by atoms with Gasteiger partial charge in [-0.3, -0.25) is 9.78 Å². The summed E-state index contributed by atoms with van der Waals surface area (Å²) in [6.45, 7) is 2.91. The van der Waals surface area contributed by atoms with Crippen molar-refractivity contribution >= 4 is 11.9 Å². The molecule has 21 heavy (non-hydrogen) atoms. The molecule has 1 aromatic heterocycles. The highest BCUT2D eigenvalue weighted by Crippen LogP contribution is 2.18. The molecule has 2 heterocycles. The van der Waals surface area contributed by atoms with Crippen LogP contribution in [-0.4, -0.2) is 41.2 Å². The van der Waals surface area contributed by atoms with Gasteiger partial charge in [-0.05, 0) is 31.4 Å². The van der Waals surface area contributed by atoms with Crippen LogP contribution in [0.1, 0.15) is 24.1 Å². The lowest BCUT2D eigenvalue weighted by molar-refractivity contribution is -0.145. The van der Waals surface area contributed by atoms with E-state index in [2.05, 4.69) is 10.3 Å². The molecule has 1 aromatic rings. The minimum Gasteiger partial charge on any atom is -0.480 e. The van der Waals surface area contributed by atoms with E-state index in [1.54, 1.807) is 6.20 Å². The van der Waals surface area contributed by atoms with E-state index in [0.29, 0.717) is 13.2 Å². The Morgan fingerprint density at radius 2 is 2.33 bits per heavy atom. The van der Waals surface area contributed by atoms with Crippen LogP contribution < -0.4 is 5.32 Å². The molecular weight excluding hydrogens is 272 g/mol. The Balaban J connectivity index is 1.94. The number of carbonyl (C=O) groups excluding carboxylic acids is 1. The number of hydrogen-bond acceptors (Lipinski definition) is 4. The average Bonchev–Trinajstić information content (AvgIpc) is 2.48. The molecule has 1 saturated heterocycles. The third-order valence-corrected chi connectivity index (χ3v) is 3.59. The maximum absolute atomic E-state index is 12.0. The Labute approximate surface area is 123 Å². The summed E-state index contributed by atoms with van der Waals surface area (Å²) in [5, 5.41) is 11.9. The van der Waals surface area contributed by atoms with Gasteiger partial charge in [0.15, 0.2) is 0 Å². The first-order valence-corrected chi connectivity index (χ1v) is 7.07. The fraction of sp³-hybridized carbons (Fsp3) is 0.533. The van der Waals surface area contributed by atoms with Gasteiger partial charge in [-0.25, -0.2) is 4.79 Å². The number of carbonyl (C=O) groups is 2. The highest BCUT2D eigenvalue weighted by atomic mass is 16.5. The zero-order valence-electron chi connectivity index (χ0n) is 12.0. The molecule has 0 aliphatic carbocycles. The van der Waals surface area contributed by atoms with E-state index in [4.69, 9.17) is 4.74 Å². The van der Waals surface area contributed by atoms with Crippen LogP contribution in [0.25, 0.3) is 0 Å². The third-order valence-electron chi connectivity index (χ3n) is 3.59. The molecule has 2 atom stereocenters. The number of ether oxygens (including phenoxy) is 1. The zero-order valence-corrected chi connectivity index (χ0v) is 12.0. The molecule has 114 valence electrons. The fourth-order valence-corrected chi connectivity index (χ4v) is 2.42. The Morgan fingerprint density at radius 3 is 2.90 bits per heavy atom. The van der Waals surface area contributed by atoms with E-state index in [1.807, 2.05) is 19.1 Å². The summed E-state index contributed by atoms with van der Waals surface area (Å²) < 4.78 is 5.30. The highest BCUT2D eigenvalue weighted by molar-refractivity contribution is 5.85. The second-order valence-corrected chi connectivity index (χ2v) is 5.35. The van der Waals surface area contributed by atoms with Gasteiger partial charge in [0, 0.05) is 24.4 Å². The molecule has 1 aliphatic rings. The molecule has 2 N–H and O–H groups in total. The van der Waals surface area contributed by atoms with Crippen molar-refractivity contribution in [3.63, 3.8) is 0 Å². The zero-order chi connectivity index (χ0) is 15.2.